The third-order valence-electron chi connectivity index (χ3n) is 7.01. The molecule has 2 fully saturated rings. The molecule has 2 saturated heterocycles. The van der Waals surface area contributed by atoms with Gasteiger partial charge >= 0.3 is 0 Å². The van der Waals surface area contributed by atoms with E-state index in [1.54, 1.807) is 12.1 Å². The van der Waals surface area contributed by atoms with Crippen LogP contribution in [0.1, 0.15) is 23.4 Å². The summed E-state index contributed by atoms with van der Waals surface area (Å²) < 4.78 is 27.6. The van der Waals surface area contributed by atoms with Crippen LogP contribution in [0.15, 0.2) is 24.3 Å². The second-order valence-corrected chi connectivity index (χ2v) is 9.62. The summed E-state index contributed by atoms with van der Waals surface area (Å²) in [6.45, 7) is 10.1. The van der Waals surface area contributed by atoms with Crippen molar-refractivity contribution in [3.63, 3.8) is 0 Å². The van der Waals surface area contributed by atoms with E-state index in [1.165, 1.54) is 17.7 Å². The van der Waals surface area contributed by atoms with E-state index in [-0.39, 0.29) is 24.8 Å². The van der Waals surface area contributed by atoms with Gasteiger partial charge in [0.25, 0.3) is 0 Å². The van der Waals surface area contributed by atoms with Gasteiger partial charge < -0.3 is 19.3 Å². The number of carbonyl (C=O) groups is 1. The first-order chi connectivity index (χ1) is 16.2. The summed E-state index contributed by atoms with van der Waals surface area (Å²) in [6, 6.07) is 5.96. The van der Waals surface area contributed by atoms with E-state index >= 15 is 0 Å². The van der Waals surface area contributed by atoms with Crippen LogP contribution in [0.25, 0.3) is 0 Å². The lowest BCUT2D eigenvalue weighted by Gasteiger charge is -2.43. The minimum absolute atomic E-state index is 0.0893. The van der Waals surface area contributed by atoms with E-state index in [9.17, 15) is 9.18 Å². The molecule has 1 atom stereocenters. The van der Waals surface area contributed by atoms with Crippen LogP contribution in [-0.4, -0.2) is 95.5 Å². The Hall–Kier alpha value is -2.49. The second-order valence-electron chi connectivity index (χ2n) is 9.62. The van der Waals surface area contributed by atoms with Crippen LogP contribution < -0.4 is 4.74 Å². The molecule has 4 rings (SSSR count). The number of halogens is 1. The maximum Gasteiger partial charge on any atom is 0.225 e. The summed E-state index contributed by atoms with van der Waals surface area (Å²) in [5, 5.41) is 4.55. The molecule has 0 radical (unpaired) electrons. The highest BCUT2D eigenvalue weighted by Gasteiger charge is 2.41. The number of hydrogen-bond acceptors (Lipinski definition) is 6. The van der Waals surface area contributed by atoms with Crippen LogP contribution in [-0.2, 0) is 23.1 Å². The zero-order valence-corrected chi connectivity index (χ0v) is 20.7. The summed E-state index contributed by atoms with van der Waals surface area (Å²) in [4.78, 5) is 19.8. The topological polar surface area (TPSA) is 63.1 Å². The Morgan fingerprint density at radius 1 is 1.12 bits per heavy atom. The maximum atomic E-state index is 13.3. The molecule has 9 heteroatoms. The predicted octanol–water partition coefficient (Wildman–Crippen LogP) is 1.99. The van der Waals surface area contributed by atoms with Crippen LogP contribution in [0.4, 0.5) is 4.39 Å². The van der Waals surface area contributed by atoms with Crippen LogP contribution in [0.5, 0.6) is 5.75 Å². The van der Waals surface area contributed by atoms with Gasteiger partial charge in [0, 0.05) is 64.1 Å². The van der Waals surface area contributed by atoms with E-state index in [0.717, 1.165) is 50.7 Å². The number of morpholine rings is 1. The Balaban J connectivity index is 1.50. The van der Waals surface area contributed by atoms with Crippen molar-refractivity contribution in [2.24, 2.45) is 7.05 Å². The molecule has 0 bridgehead atoms. The van der Waals surface area contributed by atoms with Gasteiger partial charge in [0.05, 0.1) is 18.7 Å². The quantitative estimate of drug-likeness (QED) is 0.613. The number of piperazine rings is 1. The first-order valence-electron chi connectivity index (χ1n) is 11.9. The molecule has 3 heterocycles. The molecule has 1 amide bonds. The van der Waals surface area contributed by atoms with Gasteiger partial charge in [0.2, 0.25) is 5.91 Å². The maximum absolute atomic E-state index is 13.3. The van der Waals surface area contributed by atoms with Crippen molar-refractivity contribution in [1.82, 2.24) is 24.5 Å². The molecule has 1 unspecified atom stereocenters. The fourth-order valence-electron chi connectivity index (χ4n) is 4.76. The number of amides is 1. The molecular formula is C25H36FN5O3. The van der Waals surface area contributed by atoms with Crippen LogP contribution in [0.2, 0.25) is 0 Å². The minimum Gasteiger partial charge on any atom is -0.491 e. The normalized spacial score (nSPS) is 22.2. The van der Waals surface area contributed by atoms with Crippen molar-refractivity contribution < 1.29 is 18.7 Å². The molecule has 2 aliphatic rings. The van der Waals surface area contributed by atoms with Crippen molar-refractivity contribution in [2.45, 2.75) is 32.4 Å². The molecule has 34 heavy (non-hydrogen) atoms. The third-order valence-corrected chi connectivity index (χ3v) is 7.01. The van der Waals surface area contributed by atoms with Crippen molar-refractivity contribution in [3.8, 4) is 5.75 Å². The lowest BCUT2D eigenvalue weighted by Crippen LogP contribution is -2.58. The molecule has 0 spiro atoms. The molecule has 2 aromatic rings. The van der Waals surface area contributed by atoms with Gasteiger partial charge in [0.15, 0.2) is 0 Å². The molecule has 0 N–H and O–H groups in total. The molecule has 2 aliphatic heterocycles. The molecule has 1 aromatic heterocycles. The van der Waals surface area contributed by atoms with Crippen molar-refractivity contribution in [3.05, 3.63) is 47.0 Å². The van der Waals surface area contributed by atoms with E-state index < -0.39 is 5.60 Å². The van der Waals surface area contributed by atoms with E-state index in [4.69, 9.17) is 9.47 Å². The average Bonchev–Trinajstić information content (AvgIpc) is 3.05. The minimum atomic E-state index is -0.781. The first-order valence-corrected chi connectivity index (χ1v) is 11.9. The largest absolute Gasteiger partial charge is 0.491 e. The molecular weight excluding hydrogens is 437 g/mol. The standard InChI is InChI=1S/C25H36FN5O3/c1-19-23(20(2)29(4)27-19)16-30-13-14-34-25(17-30,18-33-22-7-5-21(26)6-8-22)15-24(32)31-11-9-28(3)10-12-31/h5-8H,9-18H2,1-4H3. The number of nitrogens with zero attached hydrogens (tertiary/aromatic N) is 5. The Morgan fingerprint density at radius 2 is 1.82 bits per heavy atom. The Labute approximate surface area is 201 Å². The highest BCUT2D eigenvalue weighted by atomic mass is 19.1. The third kappa shape index (κ3) is 5.76. The van der Waals surface area contributed by atoms with Crippen molar-refractivity contribution in [2.75, 3.05) is 59.5 Å². The number of aryl methyl sites for hydroxylation is 2. The SMILES string of the molecule is Cc1nn(C)c(C)c1CN1CCOC(COc2ccc(F)cc2)(CC(=O)N2CCN(C)CC2)C1. The lowest BCUT2D eigenvalue weighted by atomic mass is 9.96. The summed E-state index contributed by atoms with van der Waals surface area (Å²) in [7, 11) is 4.03. The lowest BCUT2D eigenvalue weighted by molar-refractivity contribution is -0.158. The van der Waals surface area contributed by atoms with Crippen molar-refractivity contribution >= 4 is 5.91 Å². The number of benzene rings is 1. The average molecular weight is 474 g/mol. The van der Waals surface area contributed by atoms with Crippen LogP contribution >= 0.6 is 0 Å². The van der Waals surface area contributed by atoms with Gasteiger partial charge in [-0.1, -0.05) is 0 Å². The van der Waals surface area contributed by atoms with E-state index in [0.29, 0.717) is 18.9 Å². The highest BCUT2D eigenvalue weighted by molar-refractivity contribution is 5.77. The van der Waals surface area contributed by atoms with Gasteiger partial charge in [-0.3, -0.25) is 14.4 Å². The fourth-order valence-corrected chi connectivity index (χ4v) is 4.76. The zero-order chi connectivity index (χ0) is 24.3. The number of aromatic nitrogens is 2. The van der Waals surface area contributed by atoms with E-state index in [2.05, 4.69) is 28.9 Å². The van der Waals surface area contributed by atoms with Crippen molar-refractivity contribution in [1.29, 1.82) is 0 Å². The van der Waals surface area contributed by atoms with Gasteiger partial charge in [0.1, 0.15) is 23.8 Å². The molecule has 0 aliphatic carbocycles. The number of rotatable bonds is 7. The fraction of sp³-hybridized carbons (Fsp3) is 0.600. The van der Waals surface area contributed by atoms with Gasteiger partial charge in [-0.15, -0.1) is 0 Å². The molecule has 186 valence electrons. The number of hydrogen-bond donors (Lipinski definition) is 0. The monoisotopic (exact) mass is 473 g/mol. The highest BCUT2D eigenvalue weighted by Crippen LogP contribution is 2.27. The second kappa shape index (κ2) is 10.4. The Morgan fingerprint density at radius 3 is 2.47 bits per heavy atom. The van der Waals surface area contributed by atoms with Gasteiger partial charge in [-0.2, -0.15) is 5.10 Å². The molecule has 1 aromatic carbocycles. The zero-order valence-electron chi connectivity index (χ0n) is 20.7. The summed E-state index contributed by atoms with van der Waals surface area (Å²) >= 11 is 0. The Kier molecular flexibility index (Phi) is 7.54. The number of ether oxygens (including phenoxy) is 2. The summed E-state index contributed by atoms with van der Waals surface area (Å²) in [6.07, 6.45) is 0.249. The first kappa shape index (κ1) is 24.6. The van der Waals surface area contributed by atoms with Crippen LogP contribution in [0.3, 0.4) is 0 Å². The Bertz CT molecular complexity index is 987. The van der Waals surface area contributed by atoms with Gasteiger partial charge in [-0.25, -0.2) is 4.39 Å². The van der Waals surface area contributed by atoms with E-state index in [1.807, 2.05) is 23.6 Å². The predicted molar refractivity (Wildman–Crippen MR) is 127 cm³/mol. The van der Waals surface area contributed by atoms with Gasteiger partial charge in [-0.05, 0) is 45.2 Å². The molecule has 8 nitrogen and oxygen atoms in total. The molecule has 0 saturated carbocycles. The number of carbonyl (C=O) groups excluding carboxylic acids is 1. The number of likely N-dealkylation sites (N-methyl/N-ethyl adjacent to an activating group) is 1. The smallest absolute Gasteiger partial charge is 0.225 e. The van der Waals surface area contributed by atoms with Crippen LogP contribution in [0, 0.1) is 19.7 Å². The summed E-state index contributed by atoms with van der Waals surface area (Å²) in [5.41, 5.74) is 2.60. The summed E-state index contributed by atoms with van der Waals surface area (Å²) in [5.74, 6) is 0.341.